The van der Waals surface area contributed by atoms with E-state index < -0.39 is 0 Å². The molecule has 1 rings (SSSR count). The van der Waals surface area contributed by atoms with Crippen molar-refractivity contribution < 1.29 is 9.59 Å². The first-order valence-electron chi connectivity index (χ1n) is 7.61. The van der Waals surface area contributed by atoms with E-state index in [0.29, 0.717) is 29.7 Å². The second-order valence-electron chi connectivity index (χ2n) is 5.95. The fourth-order valence-corrected chi connectivity index (χ4v) is 2.19. The molecule has 22 heavy (non-hydrogen) atoms. The van der Waals surface area contributed by atoms with Gasteiger partial charge < -0.3 is 10.2 Å². The van der Waals surface area contributed by atoms with Crippen molar-refractivity contribution in [1.82, 2.24) is 4.90 Å². The van der Waals surface area contributed by atoms with Crippen LogP contribution in [-0.2, 0) is 9.59 Å². The molecule has 0 saturated carbocycles. The minimum atomic E-state index is -0.110. The van der Waals surface area contributed by atoms with Crippen LogP contribution < -0.4 is 5.32 Å². The highest BCUT2D eigenvalue weighted by molar-refractivity contribution is 6.31. The lowest BCUT2D eigenvalue weighted by atomic mass is 10.1. The van der Waals surface area contributed by atoms with Crippen LogP contribution in [0.2, 0.25) is 5.02 Å². The highest BCUT2D eigenvalue weighted by atomic mass is 35.5. The third-order valence-electron chi connectivity index (χ3n) is 3.50. The third-order valence-corrected chi connectivity index (χ3v) is 3.74. The molecule has 5 heteroatoms. The largest absolute Gasteiger partial charge is 0.342 e. The highest BCUT2D eigenvalue weighted by Crippen LogP contribution is 2.20. The summed E-state index contributed by atoms with van der Waals surface area (Å²) in [5.74, 6) is 0.429. The maximum Gasteiger partial charge on any atom is 0.226 e. The minimum Gasteiger partial charge on any atom is -0.342 e. The predicted octanol–water partition coefficient (Wildman–Crippen LogP) is 3.87. The fourth-order valence-electron chi connectivity index (χ4n) is 2.02. The lowest BCUT2D eigenvalue weighted by Crippen LogP contribution is -2.33. The standard InChI is InChI=1S/C17H25ClN2O2/c1-12(2)7-9-20(14(4)21)10-8-17(22)19-16-11-15(18)6-5-13(16)3/h5-6,11-12H,7-10H2,1-4H3,(H,19,22). The van der Waals surface area contributed by atoms with Crippen LogP contribution in [0.4, 0.5) is 5.69 Å². The van der Waals surface area contributed by atoms with Crippen LogP contribution in [0, 0.1) is 12.8 Å². The van der Waals surface area contributed by atoms with Gasteiger partial charge in [0.05, 0.1) is 0 Å². The summed E-state index contributed by atoms with van der Waals surface area (Å²) in [6, 6.07) is 5.38. The summed E-state index contributed by atoms with van der Waals surface area (Å²) in [7, 11) is 0. The number of hydrogen-bond donors (Lipinski definition) is 1. The van der Waals surface area contributed by atoms with Crippen molar-refractivity contribution in [3.63, 3.8) is 0 Å². The van der Waals surface area contributed by atoms with Gasteiger partial charge in [0, 0.05) is 37.1 Å². The average molecular weight is 325 g/mol. The topological polar surface area (TPSA) is 49.4 Å². The number of nitrogens with one attached hydrogen (secondary N) is 1. The number of rotatable bonds is 7. The van der Waals surface area contributed by atoms with Gasteiger partial charge in [-0.05, 0) is 37.0 Å². The van der Waals surface area contributed by atoms with Crippen molar-refractivity contribution in [2.75, 3.05) is 18.4 Å². The minimum absolute atomic E-state index is 0.00684. The van der Waals surface area contributed by atoms with Gasteiger partial charge in [0.2, 0.25) is 11.8 Å². The first-order valence-corrected chi connectivity index (χ1v) is 7.99. The van der Waals surface area contributed by atoms with E-state index in [1.54, 1.807) is 24.0 Å². The predicted molar refractivity (Wildman–Crippen MR) is 91.1 cm³/mol. The normalized spacial score (nSPS) is 10.6. The van der Waals surface area contributed by atoms with Gasteiger partial charge in [0.15, 0.2) is 0 Å². The van der Waals surface area contributed by atoms with Gasteiger partial charge in [-0.3, -0.25) is 9.59 Å². The quantitative estimate of drug-likeness (QED) is 0.827. The Morgan fingerprint density at radius 3 is 2.55 bits per heavy atom. The molecule has 0 heterocycles. The summed E-state index contributed by atoms with van der Waals surface area (Å²) in [6.07, 6.45) is 1.22. The molecule has 0 aliphatic rings. The van der Waals surface area contributed by atoms with E-state index in [4.69, 9.17) is 11.6 Å². The molecule has 0 saturated heterocycles. The summed E-state index contributed by atoms with van der Waals surface area (Å²) in [5, 5.41) is 3.44. The molecule has 1 aromatic carbocycles. The van der Waals surface area contributed by atoms with E-state index in [1.807, 2.05) is 13.0 Å². The van der Waals surface area contributed by atoms with Crippen LogP contribution in [-0.4, -0.2) is 29.8 Å². The fraction of sp³-hybridized carbons (Fsp3) is 0.529. The molecule has 0 bridgehead atoms. The molecule has 0 atom stereocenters. The number of carbonyl (C=O) groups is 2. The Morgan fingerprint density at radius 2 is 1.95 bits per heavy atom. The van der Waals surface area contributed by atoms with Gasteiger partial charge in [-0.1, -0.05) is 31.5 Å². The van der Waals surface area contributed by atoms with Crippen LogP contribution in [0.5, 0.6) is 0 Å². The lowest BCUT2D eigenvalue weighted by Gasteiger charge is -2.21. The van der Waals surface area contributed by atoms with Gasteiger partial charge in [-0.25, -0.2) is 0 Å². The van der Waals surface area contributed by atoms with E-state index in [2.05, 4.69) is 19.2 Å². The summed E-state index contributed by atoms with van der Waals surface area (Å²) < 4.78 is 0. The van der Waals surface area contributed by atoms with Crippen LogP contribution in [0.25, 0.3) is 0 Å². The van der Waals surface area contributed by atoms with Crippen LogP contribution >= 0.6 is 11.6 Å². The average Bonchev–Trinajstić information content (AvgIpc) is 2.42. The molecule has 0 aliphatic heterocycles. The molecule has 4 nitrogen and oxygen atoms in total. The molecule has 0 radical (unpaired) electrons. The number of anilines is 1. The van der Waals surface area contributed by atoms with Crippen molar-refractivity contribution in [2.45, 2.75) is 40.5 Å². The van der Waals surface area contributed by atoms with Crippen molar-refractivity contribution in [1.29, 1.82) is 0 Å². The highest BCUT2D eigenvalue weighted by Gasteiger charge is 2.12. The Bertz CT molecular complexity index is 529. The first-order chi connectivity index (χ1) is 10.3. The smallest absolute Gasteiger partial charge is 0.226 e. The lowest BCUT2D eigenvalue weighted by molar-refractivity contribution is -0.129. The van der Waals surface area contributed by atoms with E-state index in [1.165, 1.54) is 0 Å². The molecule has 1 aromatic rings. The number of nitrogens with zero attached hydrogens (tertiary/aromatic N) is 1. The molecule has 1 N–H and O–H groups in total. The van der Waals surface area contributed by atoms with E-state index >= 15 is 0 Å². The van der Waals surface area contributed by atoms with Crippen molar-refractivity contribution in [3.05, 3.63) is 28.8 Å². The summed E-state index contributed by atoms with van der Waals surface area (Å²) in [6.45, 7) is 8.82. The van der Waals surface area contributed by atoms with Gasteiger partial charge >= 0.3 is 0 Å². The number of hydrogen-bond acceptors (Lipinski definition) is 2. The molecular formula is C17H25ClN2O2. The van der Waals surface area contributed by atoms with Crippen LogP contribution in [0.15, 0.2) is 18.2 Å². The molecular weight excluding hydrogens is 300 g/mol. The van der Waals surface area contributed by atoms with Gasteiger partial charge in [0.25, 0.3) is 0 Å². The zero-order valence-corrected chi connectivity index (χ0v) is 14.5. The van der Waals surface area contributed by atoms with Gasteiger partial charge in [-0.15, -0.1) is 0 Å². The monoisotopic (exact) mass is 324 g/mol. The summed E-state index contributed by atoms with van der Waals surface area (Å²) in [4.78, 5) is 25.4. The summed E-state index contributed by atoms with van der Waals surface area (Å²) in [5.41, 5.74) is 1.68. The zero-order valence-electron chi connectivity index (χ0n) is 13.8. The number of carbonyl (C=O) groups excluding carboxylic acids is 2. The molecule has 0 aliphatic carbocycles. The van der Waals surface area contributed by atoms with E-state index in [-0.39, 0.29) is 18.2 Å². The molecule has 0 fully saturated rings. The Balaban J connectivity index is 2.53. The molecule has 0 aromatic heterocycles. The van der Waals surface area contributed by atoms with Gasteiger partial charge in [0.1, 0.15) is 0 Å². The van der Waals surface area contributed by atoms with Crippen LogP contribution in [0.1, 0.15) is 39.2 Å². The second-order valence-corrected chi connectivity index (χ2v) is 6.38. The van der Waals surface area contributed by atoms with Crippen molar-refractivity contribution in [3.8, 4) is 0 Å². The summed E-state index contributed by atoms with van der Waals surface area (Å²) >= 11 is 5.94. The Labute approximate surface area is 137 Å². The molecule has 0 spiro atoms. The second kappa shape index (κ2) is 8.79. The Kier molecular flexibility index (Phi) is 7.39. The van der Waals surface area contributed by atoms with Gasteiger partial charge in [-0.2, -0.15) is 0 Å². The number of aryl methyl sites for hydroxylation is 1. The zero-order chi connectivity index (χ0) is 16.7. The maximum absolute atomic E-state index is 12.0. The number of halogens is 1. The van der Waals surface area contributed by atoms with E-state index in [0.717, 1.165) is 12.0 Å². The molecule has 122 valence electrons. The Hall–Kier alpha value is -1.55. The third kappa shape index (κ3) is 6.48. The number of amides is 2. The SMILES string of the molecule is CC(=O)N(CCC(=O)Nc1cc(Cl)ccc1C)CCC(C)C. The first kappa shape index (κ1) is 18.5. The molecule has 0 unspecified atom stereocenters. The van der Waals surface area contributed by atoms with Crippen LogP contribution in [0.3, 0.4) is 0 Å². The Morgan fingerprint density at radius 1 is 1.27 bits per heavy atom. The van der Waals surface area contributed by atoms with Crippen molar-refractivity contribution >= 4 is 29.1 Å². The van der Waals surface area contributed by atoms with Crippen molar-refractivity contribution in [2.24, 2.45) is 5.92 Å². The maximum atomic E-state index is 12.0. The van der Waals surface area contributed by atoms with E-state index in [9.17, 15) is 9.59 Å². The molecule has 2 amide bonds. The number of benzene rings is 1.